The van der Waals surface area contributed by atoms with Gasteiger partial charge in [0.05, 0.1) is 0 Å². The van der Waals surface area contributed by atoms with Crippen LogP contribution in [0.2, 0.25) is 0 Å². The van der Waals surface area contributed by atoms with E-state index in [9.17, 15) is 4.79 Å². The van der Waals surface area contributed by atoms with Gasteiger partial charge in [-0.3, -0.25) is 4.79 Å². The van der Waals surface area contributed by atoms with Crippen LogP contribution in [0.3, 0.4) is 0 Å². The predicted molar refractivity (Wildman–Crippen MR) is 74.2 cm³/mol. The van der Waals surface area contributed by atoms with Gasteiger partial charge in [0.1, 0.15) is 0 Å². The van der Waals surface area contributed by atoms with Crippen LogP contribution in [0.25, 0.3) is 0 Å². The summed E-state index contributed by atoms with van der Waals surface area (Å²) in [4.78, 5) is 14.1. The molecule has 0 aliphatic carbocycles. The minimum Gasteiger partial charge on any atom is -0.399 e. The topological polar surface area (TPSA) is 46.3 Å². The zero-order valence-corrected chi connectivity index (χ0v) is 11.1. The van der Waals surface area contributed by atoms with Crippen molar-refractivity contribution in [3.8, 4) is 0 Å². The Kier molecular flexibility index (Phi) is 4.24. The van der Waals surface area contributed by atoms with E-state index in [1.54, 1.807) is 0 Å². The normalized spacial score (nSPS) is 16.8. The van der Waals surface area contributed by atoms with Crippen LogP contribution in [-0.2, 0) is 11.2 Å². The Hall–Kier alpha value is -1.51. The lowest BCUT2D eigenvalue weighted by molar-refractivity contribution is -0.132. The number of carbonyl (C=O) groups is 1. The third kappa shape index (κ3) is 3.49. The molecule has 0 unspecified atom stereocenters. The van der Waals surface area contributed by atoms with Crippen molar-refractivity contribution in [1.29, 1.82) is 0 Å². The summed E-state index contributed by atoms with van der Waals surface area (Å²) in [5.41, 5.74) is 7.64. The number of likely N-dealkylation sites (tertiary alicyclic amines) is 1. The molecule has 0 saturated carbocycles. The number of nitrogens with two attached hydrogens (primary N) is 1. The summed E-state index contributed by atoms with van der Waals surface area (Å²) in [5.74, 6) is 1.05. The molecule has 2 rings (SSSR count). The SMILES string of the molecule is CC1CCN(C(=O)CCc2cccc(N)c2)CC1. The first kappa shape index (κ1) is 12.9. The first-order valence-electron chi connectivity index (χ1n) is 6.77. The molecule has 1 aromatic carbocycles. The number of anilines is 1. The standard InChI is InChI=1S/C15H22N2O/c1-12-7-9-17(10-8-12)15(18)6-5-13-3-2-4-14(16)11-13/h2-4,11-12H,5-10,16H2,1H3. The Labute approximate surface area is 109 Å². The molecular weight excluding hydrogens is 224 g/mol. The maximum atomic E-state index is 12.1. The van der Waals surface area contributed by atoms with E-state index >= 15 is 0 Å². The molecule has 1 aromatic rings. The highest BCUT2D eigenvalue weighted by Crippen LogP contribution is 2.17. The van der Waals surface area contributed by atoms with Gasteiger partial charge in [-0.25, -0.2) is 0 Å². The van der Waals surface area contributed by atoms with Gasteiger partial charge in [-0.2, -0.15) is 0 Å². The average molecular weight is 246 g/mol. The quantitative estimate of drug-likeness (QED) is 0.833. The largest absolute Gasteiger partial charge is 0.399 e. The number of carbonyl (C=O) groups excluding carboxylic acids is 1. The fraction of sp³-hybridized carbons (Fsp3) is 0.533. The van der Waals surface area contributed by atoms with E-state index in [-0.39, 0.29) is 5.91 Å². The summed E-state index contributed by atoms with van der Waals surface area (Å²) < 4.78 is 0. The first-order chi connectivity index (χ1) is 8.65. The number of rotatable bonds is 3. The molecule has 0 atom stereocenters. The second-order valence-corrected chi connectivity index (χ2v) is 5.31. The maximum absolute atomic E-state index is 12.1. The number of nitrogens with zero attached hydrogens (tertiary/aromatic N) is 1. The van der Waals surface area contributed by atoms with Crippen molar-refractivity contribution in [2.24, 2.45) is 5.92 Å². The Morgan fingerprint density at radius 3 is 2.78 bits per heavy atom. The van der Waals surface area contributed by atoms with Crippen molar-refractivity contribution in [3.63, 3.8) is 0 Å². The van der Waals surface area contributed by atoms with Crippen LogP contribution in [0.15, 0.2) is 24.3 Å². The molecule has 1 aliphatic heterocycles. The van der Waals surface area contributed by atoms with Crippen LogP contribution in [-0.4, -0.2) is 23.9 Å². The third-order valence-corrected chi connectivity index (χ3v) is 3.71. The number of piperidine rings is 1. The molecule has 0 spiro atoms. The Bertz CT molecular complexity index is 409. The van der Waals surface area contributed by atoms with Gasteiger partial charge in [0.15, 0.2) is 0 Å². The molecule has 2 N–H and O–H groups in total. The molecule has 3 nitrogen and oxygen atoms in total. The van der Waals surface area contributed by atoms with Crippen LogP contribution in [0, 0.1) is 5.92 Å². The predicted octanol–water partition coefficient (Wildman–Crippen LogP) is 2.46. The minimum atomic E-state index is 0.282. The van der Waals surface area contributed by atoms with Crippen LogP contribution in [0.1, 0.15) is 31.7 Å². The lowest BCUT2D eigenvalue weighted by Crippen LogP contribution is -2.37. The fourth-order valence-electron chi connectivity index (χ4n) is 2.42. The molecule has 0 aromatic heterocycles. The van der Waals surface area contributed by atoms with E-state index in [1.807, 2.05) is 29.2 Å². The zero-order chi connectivity index (χ0) is 13.0. The van der Waals surface area contributed by atoms with Crippen LogP contribution < -0.4 is 5.73 Å². The average Bonchev–Trinajstić information content (AvgIpc) is 2.37. The smallest absolute Gasteiger partial charge is 0.222 e. The van der Waals surface area contributed by atoms with Gasteiger partial charge in [-0.1, -0.05) is 19.1 Å². The van der Waals surface area contributed by atoms with E-state index in [0.717, 1.165) is 49.5 Å². The van der Waals surface area contributed by atoms with E-state index in [2.05, 4.69) is 6.92 Å². The van der Waals surface area contributed by atoms with Gasteiger partial charge >= 0.3 is 0 Å². The molecule has 1 aliphatic rings. The molecule has 0 bridgehead atoms. The Morgan fingerprint density at radius 2 is 2.11 bits per heavy atom. The fourth-order valence-corrected chi connectivity index (χ4v) is 2.42. The Balaban J connectivity index is 1.81. The van der Waals surface area contributed by atoms with Gasteiger partial charge in [-0.15, -0.1) is 0 Å². The van der Waals surface area contributed by atoms with Crippen molar-refractivity contribution < 1.29 is 4.79 Å². The summed E-state index contributed by atoms with van der Waals surface area (Å²) in [7, 11) is 0. The minimum absolute atomic E-state index is 0.282. The highest BCUT2D eigenvalue weighted by atomic mass is 16.2. The second kappa shape index (κ2) is 5.89. The molecule has 1 saturated heterocycles. The number of nitrogen functional groups attached to an aromatic ring is 1. The van der Waals surface area contributed by atoms with E-state index in [4.69, 9.17) is 5.73 Å². The van der Waals surface area contributed by atoms with Gasteiger partial charge in [0, 0.05) is 25.2 Å². The summed E-state index contributed by atoms with van der Waals surface area (Å²) >= 11 is 0. The van der Waals surface area contributed by atoms with E-state index in [1.165, 1.54) is 0 Å². The number of amides is 1. The van der Waals surface area contributed by atoms with Crippen molar-refractivity contribution in [3.05, 3.63) is 29.8 Å². The van der Waals surface area contributed by atoms with Crippen molar-refractivity contribution in [2.75, 3.05) is 18.8 Å². The van der Waals surface area contributed by atoms with Gasteiger partial charge < -0.3 is 10.6 Å². The number of benzene rings is 1. The van der Waals surface area contributed by atoms with Gasteiger partial charge in [0.25, 0.3) is 0 Å². The molecule has 1 fully saturated rings. The zero-order valence-electron chi connectivity index (χ0n) is 11.1. The summed E-state index contributed by atoms with van der Waals surface area (Å²) in [6.45, 7) is 4.11. The van der Waals surface area contributed by atoms with Gasteiger partial charge in [0.2, 0.25) is 5.91 Å². The molecule has 1 amide bonds. The molecular formula is C15H22N2O. The number of hydrogen-bond acceptors (Lipinski definition) is 2. The molecule has 98 valence electrons. The van der Waals surface area contributed by atoms with Crippen LogP contribution in [0.5, 0.6) is 0 Å². The molecule has 0 radical (unpaired) electrons. The third-order valence-electron chi connectivity index (χ3n) is 3.71. The highest BCUT2D eigenvalue weighted by Gasteiger charge is 2.19. The number of aryl methyl sites for hydroxylation is 1. The van der Waals surface area contributed by atoms with Crippen LogP contribution >= 0.6 is 0 Å². The highest BCUT2D eigenvalue weighted by molar-refractivity contribution is 5.76. The maximum Gasteiger partial charge on any atom is 0.222 e. The van der Waals surface area contributed by atoms with Crippen molar-refractivity contribution in [1.82, 2.24) is 4.90 Å². The monoisotopic (exact) mass is 246 g/mol. The molecule has 1 heterocycles. The summed E-state index contributed by atoms with van der Waals surface area (Å²) in [6.07, 6.45) is 3.67. The summed E-state index contributed by atoms with van der Waals surface area (Å²) in [6, 6.07) is 7.79. The number of hydrogen-bond donors (Lipinski definition) is 1. The van der Waals surface area contributed by atoms with Crippen molar-refractivity contribution in [2.45, 2.75) is 32.6 Å². The van der Waals surface area contributed by atoms with Crippen molar-refractivity contribution >= 4 is 11.6 Å². The van der Waals surface area contributed by atoms with E-state index in [0.29, 0.717) is 6.42 Å². The lowest BCUT2D eigenvalue weighted by atomic mass is 9.98. The van der Waals surface area contributed by atoms with Crippen LogP contribution in [0.4, 0.5) is 5.69 Å². The Morgan fingerprint density at radius 1 is 1.39 bits per heavy atom. The first-order valence-corrected chi connectivity index (χ1v) is 6.77. The lowest BCUT2D eigenvalue weighted by Gasteiger charge is -2.30. The van der Waals surface area contributed by atoms with Gasteiger partial charge in [-0.05, 0) is 42.9 Å². The summed E-state index contributed by atoms with van der Waals surface area (Å²) in [5, 5.41) is 0. The van der Waals surface area contributed by atoms with E-state index < -0.39 is 0 Å². The molecule has 3 heteroatoms. The second-order valence-electron chi connectivity index (χ2n) is 5.31. The molecule has 18 heavy (non-hydrogen) atoms.